The van der Waals surface area contributed by atoms with Gasteiger partial charge in [0.05, 0.1) is 5.52 Å². The van der Waals surface area contributed by atoms with Crippen LogP contribution < -0.4 is 11.2 Å². The van der Waals surface area contributed by atoms with Crippen LogP contribution in [0.1, 0.15) is 19.8 Å². The standard InChI is InChI=1S/C18H23N3O2/c1-13(19)14-6-9-20(10-7-14)18(23)12-21-11-8-17(22)15-4-2-3-5-16(15)21/h2-5,8,11,13-14H,6-7,9-10,12,19H2,1H3. The van der Waals surface area contributed by atoms with Crippen LogP contribution in [0.15, 0.2) is 41.3 Å². The van der Waals surface area contributed by atoms with Crippen molar-refractivity contribution in [3.05, 3.63) is 46.8 Å². The van der Waals surface area contributed by atoms with Crippen molar-refractivity contribution >= 4 is 16.8 Å². The second kappa shape index (κ2) is 6.54. The molecule has 1 aromatic heterocycles. The molecule has 3 rings (SSSR count). The van der Waals surface area contributed by atoms with Crippen LogP contribution in [-0.2, 0) is 11.3 Å². The number of amides is 1. The molecule has 1 unspecified atom stereocenters. The van der Waals surface area contributed by atoms with E-state index in [0.29, 0.717) is 11.3 Å². The van der Waals surface area contributed by atoms with Crippen LogP contribution in [0.25, 0.3) is 10.9 Å². The van der Waals surface area contributed by atoms with E-state index in [-0.39, 0.29) is 23.9 Å². The molecule has 1 aromatic carbocycles. The summed E-state index contributed by atoms with van der Waals surface area (Å²) in [6, 6.07) is 9.12. The molecule has 2 heterocycles. The highest BCUT2D eigenvalue weighted by molar-refractivity contribution is 5.82. The van der Waals surface area contributed by atoms with E-state index < -0.39 is 0 Å². The van der Waals surface area contributed by atoms with Crippen molar-refractivity contribution in [1.29, 1.82) is 0 Å². The number of pyridine rings is 1. The fourth-order valence-electron chi connectivity index (χ4n) is 3.32. The average Bonchev–Trinajstić information content (AvgIpc) is 2.57. The molecule has 0 aliphatic carbocycles. The summed E-state index contributed by atoms with van der Waals surface area (Å²) in [4.78, 5) is 26.4. The fourth-order valence-corrected chi connectivity index (χ4v) is 3.32. The monoisotopic (exact) mass is 313 g/mol. The van der Waals surface area contributed by atoms with E-state index in [2.05, 4.69) is 0 Å². The summed E-state index contributed by atoms with van der Waals surface area (Å²) in [6.45, 7) is 3.84. The van der Waals surface area contributed by atoms with Gasteiger partial charge in [-0.25, -0.2) is 0 Å². The maximum atomic E-state index is 12.6. The van der Waals surface area contributed by atoms with Gasteiger partial charge >= 0.3 is 0 Å². The normalized spacial score (nSPS) is 17.4. The van der Waals surface area contributed by atoms with Crippen LogP contribution in [0, 0.1) is 5.92 Å². The van der Waals surface area contributed by atoms with Gasteiger partial charge in [-0.2, -0.15) is 0 Å². The van der Waals surface area contributed by atoms with Crippen molar-refractivity contribution in [2.45, 2.75) is 32.4 Å². The van der Waals surface area contributed by atoms with Gasteiger partial charge < -0.3 is 15.2 Å². The van der Waals surface area contributed by atoms with Crippen LogP contribution in [-0.4, -0.2) is 34.5 Å². The summed E-state index contributed by atoms with van der Waals surface area (Å²) in [7, 11) is 0. The summed E-state index contributed by atoms with van der Waals surface area (Å²) < 4.78 is 1.86. The highest BCUT2D eigenvalue weighted by Crippen LogP contribution is 2.20. The Kier molecular flexibility index (Phi) is 4.48. The lowest BCUT2D eigenvalue weighted by atomic mass is 9.91. The van der Waals surface area contributed by atoms with Gasteiger partial charge in [0.25, 0.3) is 0 Å². The van der Waals surface area contributed by atoms with Gasteiger partial charge in [-0.15, -0.1) is 0 Å². The first kappa shape index (κ1) is 15.7. The number of nitrogens with zero attached hydrogens (tertiary/aromatic N) is 2. The number of piperidine rings is 1. The number of aromatic nitrogens is 1. The second-order valence-electron chi connectivity index (χ2n) is 6.40. The predicted octanol–water partition coefficient (Wildman–Crippen LogP) is 1.59. The molecule has 5 nitrogen and oxygen atoms in total. The lowest BCUT2D eigenvalue weighted by Gasteiger charge is -2.34. The zero-order chi connectivity index (χ0) is 16.4. The lowest BCUT2D eigenvalue weighted by Crippen LogP contribution is -2.43. The maximum absolute atomic E-state index is 12.6. The number of benzene rings is 1. The summed E-state index contributed by atoms with van der Waals surface area (Å²) in [5.41, 5.74) is 6.74. The van der Waals surface area contributed by atoms with Crippen LogP contribution in [0.4, 0.5) is 0 Å². The van der Waals surface area contributed by atoms with Crippen molar-refractivity contribution in [3.63, 3.8) is 0 Å². The van der Waals surface area contributed by atoms with E-state index in [1.807, 2.05) is 34.6 Å². The molecule has 0 radical (unpaired) electrons. The number of nitrogens with two attached hydrogens (primary N) is 1. The molecular formula is C18H23N3O2. The summed E-state index contributed by atoms with van der Waals surface area (Å²) >= 11 is 0. The summed E-state index contributed by atoms with van der Waals surface area (Å²) in [6.07, 6.45) is 3.64. The highest BCUT2D eigenvalue weighted by atomic mass is 16.2. The Morgan fingerprint density at radius 1 is 1.26 bits per heavy atom. The molecule has 5 heteroatoms. The topological polar surface area (TPSA) is 68.3 Å². The number of hydrogen-bond donors (Lipinski definition) is 1. The van der Waals surface area contributed by atoms with Gasteiger partial charge in [0.2, 0.25) is 5.91 Å². The van der Waals surface area contributed by atoms with E-state index in [1.54, 1.807) is 12.3 Å². The van der Waals surface area contributed by atoms with E-state index in [4.69, 9.17) is 5.73 Å². The van der Waals surface area contributed by atoms with Gasteiger partial charge in [0.15, 0.2) is 5.43 Å². The molecule has 1 aliphatic rings. The number of carbonyl (C=O) groups is 1. The minimum Gasteiger partial charge on any atom is -0.341 e. The molecule has 122 valence electrons. The Hall–Kier alpha value is -2.14. The Labute approximate surface area is 135 Å². The predicted molar refractivity (Wildman–Crippen MR) is 91.2 cm³/mol. The molecule has 23 heavy (non-hydrogen) atoms. The molecule has 0 bridgehead atoms. The minimum atomic E-state index is -0.0120. The number of likely N-dealkylation sites (tertiary alicyclic amines) is 1. The van der Waals surface area contributed by atoms with E-state index in [9.17, 15) is 9.59 Å². The van der Waals surface area contributed by atoms with Gasteiger partial charge in [-0.05, 0) is 37.8 Å². The zero-order valence-electron chi connectivity index (χ0n) is 13.4. The average molecular weight is 313 g/mol. The van der Waals surface area contributed by atoms with Crippen molar-refractivity contribution in [3.8, 4) is 0 Å². The highest BCUT2D eigenvalue weighted by Gasteiger charge is 2.24. The molecule has 1 fully saturated rings. The Morgan fingerprint density at radius 3 is 2.65 bits per heavy atom. The van der Waals surface area contributed by atoms with Crippen LogP contribution in [0.3, 0.4) is 0 Å². The molecule has 2 aromatic rings. The Bertz CT molecular complexity index is 758. The van der Waals surface area contributed by atoms with Crippen molar-refractivity contribution in [1.82, 2.24) is 9.47 Å². The third kappa shape index (κ3) is 3.29. The van der Waals surface area contributed by atoms with Crippen molar-refractivity contribution in [2.24, 2.45) is 11.7 Å². The molecule has 1 aliphatic heterocycles. The SMILES string of the molecule is CC(N)C1CCN(C(=O)Cn2ccc(=O)c3ccccc32)CC1. The largest absolute Gasteiger partial charge is 0.341 e. The number of rotatable bonds is 3. The minimum absolute atomic E-state index is 0.0120. The zero-order valence-corrected chi connectivity index (χ0v) is 13.4. The Morgan fingerprint density at radius 2 is 1.96 bits per heavy atom. The number of carbonyl (C=O) groups excluding carboxylic acids is 1. The third-order valence-electron chi connectivity index (χ3n) is 4.83. The number of para-hydroxylation sites is 1. The van der Waals surface area contributed by atoms with Crippen molar-refractivity contribution in [2.75, 3.05) is 13.1 Å². The van der Waals surface area contributed by atoms with Gasteiger partial charge in [-0.1, -0.05) is 12.1 Å². The summed E-state index contributed by atoms with van der Waals surface area (Å²) in [5.74, 6) is 0.606. The Balaban J connectivity index is 1.74. The van der Waals surface area contributed by atoms with Gasteiger partial charge in [-0.3, -0.25) is 9.59 Å². The molecular weight excluding hydrogens is 290 g/mol. The van der Waals surface area contributed by atoms with Gasteiger partial charge in [0, 0.05) is 36.8 Å². The van der Waals surface area contributed by atoms with Crippen LogP contribution in [0.2, 0.25) is 0 Å². The second-order valence-corrected chi connectivity index (χ2v) is 6.40. The molecule has 1 saturated heterocycles. The van der Waals surface area contributed by atoms with Crippen molar-refractivity contribution < 1.29 is 4.79 Å². The molecule has 2 N–H and O–H groups in total. The first-order valence-electron chi connectivity index (χ1n) is 8.18. The third-order valence-corrected chi connectivity index (χ3v) is 4.83. The number of fused-ring (bicyclic) bond motifs is 1. The number of hydrogen-bond acceptors (Lipinski definition) is 3. The molecule has 1 atom stereocenters. The molecule has 1 amide bonds. The first-order chi connectivity index (χ1) is 11.1. The van der Waals surface area contributed by atoms with Crippen LogP contribution >= 0.6 is 0 Å². The first-order valence-corrected chi connectivity index (χ1v) is 8.18. The van der Waals surface area contributed by atoms with E-state index in [1.165, 1.54) is 6.07 Å². The fraction of sp³-hybridized carbons (Fsp3) is 0.444. The van der Waals surface area contributed by atoms with Crippen LogP contribution in [0.5, 0.6) is 0 Å². The molecule has 0 saturated carbocycles. The molecule has 0 spiro atoms. The van der Waals surface area contributed by atoms with E-state index >= 15 is 0 Å². The summed E-state index contributed by atoms with van der Waals surface area (Å²) in [5, 5.41) is 0.651. The quantitative estimate of drug-likeness (QED) is 0.935. The van der Waals surface area contributed by atoms with E-state index in [0.717, 1.165) is 31.4 Å². The lowest BCUT2D eigenvalue weighted by molar-refractivity contribution is -0.133. The van der Waals surface area contributed by atoms with Gasteiger partial charge in [0.1, 0.15) is 6.54 Å². The smallest absolute Gasteiger partial charge is 0.242 e. The maximum Gasteiger partial charge on any atom is 0.242 e.